The monoisotopic (exact) mass is 250 g/mol. The zero-order valence-electron chi connectivity index (χ0n) is 11.0. The predicted octanol–water partition coefficient (Wildman–Crippen LogP) is 0.819. The maximum Gasteiger partial charge on any atom is 0.189 e. The quantitative estimate of drug-likeness (QED) is 0.612. The number of hydrogen-bond acceptors (Lipinski definition) is 3. The summed E-state index contributed by atoms with van der Waals surface area (Å²) in [5, 5.41) is 11.5. The van der Waals surface area contributed by atoms with Crippen molar-refractivity contribution in [2.75, 3.05) is 6.54 Å². The summed E-state index contributed by atoms with van der Waals surface area (Å²) >= 11 is 0. The molecule has 0 saturated heterocycles. The van der Waals surface area contributed by atoms with Crippen molar-refractivity contribution in [2.45, 2.75) is 52.1 Å². The number of guanidine groups is 1. The van der Waals surface area contributed by atoms with E-state index in [1.807, 2.05) is 0 Å². The average molecular weight is 250 g/mol. The van der Waals surface area contributed by atoms with Crippen LogP contribution in [0.4, 0.5) is 0 Å². The highest BCUT2D eigenvalue weighted by Crippen LogP contribution is 2.14. The average Bonchev–Trinajstić information content (AvgIpc) is 2.61. The van der Waals surface area contributed by atoms with Gasteiger partial charge >= 0.3 is 0 Å². The van der Waals surface area contributed by atoms with Gasteiger partial charge in [-0.05, 0) is 19.3 Å². The maximum atomic E-state index is 5.76. The minimum Gasteiger partial charge on any atom is -0.370 e. The van der Waals surface area contributed by atoms with Crippen LogP contribution in [0.25, 0.3) is 0 Å². The number of aromatic nitrogens is 3. The number of aliphatic imine (C=N–C) groups is 1. The van der Waals surface area contributed by atoms with E-state index in [0.29, 0.717) is 12.5 Å². The summed E-state index contributed by atoms with van der Waals surface area (Å²) in [6, 6.07) is 0. The van der Waals surface area contributed by atoms with Crippen molar-refractivity contribution in [3.63, 3.8) is 0 Å². The first kappa shape index (κ1) is 12.9. The molecule has 6 nitrogen and oxygen atoms in total. The number of aryl methyl sites for hydroxylation is 1. The molecule has 1 aliphatic rings. The fraction of sp³-hybridized carbons (Fsp3) is 0.750. The van der Waals surface area contributed by atoms with Crippen LogP contribution in [0.1, 0.15) is 44.3 Å². The van der Waals surface area contributed by atoms with Gasteiger partial charge in [-0.15, -0.1) is 10.2 Å². The molecule has 0 saturated carbocycles. The molecule has 6 heteroatoms. The van der Waals surface area contributed by atoms with E-state index in [2.05, 4.69) is 32.0 Å². The Morgan fingerprint density at radius 2 is 2.28 bits per heavy atom. The van der Waals surface area contributed by atoms with E-state index in [9.17, 15) is 0 Å². The first-order valence-corrected chi connectivity index (χ1v) is 6.76. The van der Waals surface area contributed by atoms with E-state index in [4.69, 9.17) is 5.73 Å². The van der Waals surface area contributed by atoms with E-state index < -0.39 is 0 Å². The Balaban J connectivity index is 1.99. The first-order valence-electron chi connectivity index (χ1n) is 6.76. The van der Waals surface area contributed by atoms with E-state index in [1.54, 1.807) is 0 Å². The van der Waals surface area contributed by atoms with Crippen molar-refractivity contribution in [1.82, 2.24) is 20.1 Å². The topological polar surface area (TPSA) is 81.1 Å². The Morgan fingerprint density at radius 3 is 3.11 bits per heavy atom. The third kappa shape index (κ3) is 3.21. The van der Waals surface area contributed by atoms with Gasteiger partial charge in [-0.25, -0.2) is 4.99 Å². The molecule has 0 fully saturated rings. The molecule has 3 N–H and O–H groups in total. The molecule has 0 atom stereocenters. The van der Waals surface area contributed by atoms with Crippen molar-refractivity contribution < 1.29 is 0 Å². The SMILES string of the molecule is CCCNC(N)=NCc1nnc2n1CCCCC2. The van der Waals surface area contributed by atoms with E-state index in [-0.39, 0.29) is 0 Å². The number of rotatable bonds is 4. The number of nitrogens with one attached hydrogen (secondary N) is 1. The van der Waals surface area contributed by atoms with Gasteiger partial charge in [0.1, 0.15) is 12.4 Å². The van der Waals surface area contributed by atoms with Gasteiger partial charge in [0.15, 0.2) is 11.8 Å². The molecule has 2 rings (SSSR count). The Morgan fingerprint density at radius 1 is 1.39 bits per heavy atom. The number of nitrogens with two attached hydrogens (primary N) is 1. The van der Waals surface area contributed by atoms with Gasteiger partial charge in [0.2, 0.25) is 0 Å². The van der Waals surface area contributed by atoms with Crippen molar-refractivity contribution in [3.05, 3.63) is 11.6 Å². The summed E-state index contributed by atoms with van der Waals surface area (Å²) in [6.45, 7) is 4.47. The fourth-order valence-electron chi connectivity index (χ4n) is 2.13. The maximum absolute atomic E-state index is 5.76. The smallest absolute Gasteiger partial charge is 0.189 e. The van der Waals surface area contributed by atoms with E-state index >= 15 is 0 Å². The van der Waals surface area contributed by atoms with Crippen LogP contribution in [-0.2, 0) is 19.5 Å². The third-order valence-corrected chi connectivity index (χ3v) is 3.13. The molecule has 0 spiro atoms. The van der Waals surface area contributed by atoms with Crippen LogP contribution in [0, 0.1) is 0 Å². The molecule has 0 bridgehead atoms. The van der Waals surface area contributed by atoms with E-state index in [0.717, 1.165) is 37.6 Å². The van der Waals surface area contributed by atoms with Gasteiger partial charge in [-0.1, -0.05) is 13.3 Å². The second-order valence-corrected chi connectivity index (χ2v) is 4.62. The molecule has 18 heavy (non-hydrogen) atoms. The van der Waals surface area contributed by atoms with Crippen LogP contribution in [0.2, 0.25) is 0 Å². The largest absolute Gasteiger partial charge is 0.370 e. The van der Waals surface area contributed by atoms with Gasteiger partial charge in [-0.2, -0.15) is 0 Å². The summed E-state index contributed by atoms with van der Waals surface area (Å²) in [7, 11) is 0. The molecule has 0 radical (unpaired) electrons. The molecule has 1 aromatic heterocycles. The van der Waals surface area contributed by atoms with Crippen LogP contribution >= 0.6 is 0 Å². The highest BCUT2D eigenvalue weighted by Gasteiger charge is 2.13. The Bertz CT molecular complexity index is 409. The fourth-order valence-corrected chi connectivity index (χ4v) is 2.13. The predicted molar refractivity (Wildman–Crippen MR) is 71.2 cm³/mol. The summed E-state index contributed by atoms with van der Waals surface area (Å²) in [5.41, 5.74) is 5.76. The molecule has 0 aliphatic carbocycles. The zero-order chi connectivity index (χ0) is 12.8. The van der Waals surface area contributed by atoms with Crippen LogP contribution < -0.4 is 11.1 Å². The molecule has 0 amide bonds. The summed E-state index contributed by atoms with van der Waals surface area (Å²) in [6.07, 6.45) is 5.75. The van der Waals surface area contributed by atoms with Gasteiger partial charge < -0.3 is 15.6 Å². The summed E-state index contributed by atoms with van der Waals surface area (Å²) in [5.74, 6) is 2.51. The lowest BCUT2D eigenvalue weighted by atomic mass is 10.2. The summed E-state index contributed by atoms with van der Waals surface area (Å²) in [4.78, 5) is 4.30. The third-order valence-electron chi connectivity index (χ3n) is 3.13. The Kier molecular flexibility index (Phi) is 4.55. The van der Waals surface area contributed by atoms with Gasteiger partial charge in [0.05, 0.1) is 0 Å². The van der Waals surface area contributed by atoms with Crippen LogP contribution in [0.5, 0.6) is 0 Å². The Labute approximate surface area is 108 Å². The first-order chi connectivity index (χ1) is 8.81. The van der Waals surface area contributed by atoms with Crippen LogP contribution in [-0.4, -0.2) is 27.3 Å². The Hall–Kier alpha value is -1.59. The van der Waals surface area contributed by atoms with Crippen molar-refractivity contribution >= 4 is 5.96 Å². The van der Waals surface area contributed by atoms with Gasteiger partial charge in [0.25, 0.3) is 0 Å². The number of nitrogens with zero attached hydrogens (tertiary/aromatic N) is 4. The van der Waals surface area contributed by atoms with Gasteiger partial charge in [0, 0.05) is 19.5 Å². The molecule has 1 aromatic rings. The van der Waals surface area contributed by atoms with Crippen LogP contribution in [0.15, 0.2) is 4.99 Å². The minimum atomic E-state index is 0.489. The standard InChI is InChI=1S/C12H22N6/c1-2-7-14-12(13)15-9-11-17-16-10-6-4-3-5-8-18(10)11/h2-9H2,1H3,(H3,13,14,15). The normalized spacial score (nSPS) is 16.2. The molecule has 100 valence electrons. The lowest BCUT2D eigenvalue weighted by Crippen LogP contribution is -2.32. The molecule has 2 heterocycles. The molecule has 0 unspecified atom stereocenters. The van der Waals surface area contributed by atoms with Crippen molar-refractivity contribution in [3.8, 4) is 0 Å². The molecule has 0 aromatic carbocycles. The van der Waals surface area contributed by atoms with E-state index in [1.165, 1.54) is 19.3 Å². The minimum absolute atomic E-state index is 0.489. The van der Waals surface area contributed by atoms with Crippen molar-refractivity contribution in [2.24, 2.45) is 10.7 Å². The lowest BCUT2D eigenvalue weighted by molar-refractivity contribution is 0.606. The highest BCUT2D eigenvalue weighted by atomic mass is 15.3. The van der Waals surface area contributed by atoms with Crippen molar-refractivity contribution in [1.29, 1.82) is 0 Å². The number of hydrogen-bond donors (Lipinski definition) is 2. The second kappa shape index (κ2) is 6.37. The van der Waals surface area contributed by atoms with Crippen LogP contribution in [0.3, 0.4) is 0 Å². The molecular formula is C12H22N6. The molecular weight excluding hydrogens is 228 g/mol. The lowest BCUT2D eigenvalue weighted by Gasteiger charge is -2.06. The zero-order valence-corrected chi connectivity index (χ0v) is 11.0. The molecule has 1 aliphatic heterocycles. The number of fused-ring (bicyclic) bond motifs is 1. The highest BCUT2D eigenvalue weighted by molar-refractivity contribution is 5.77. The van der Waals surface area contributed by atoms with Gasteiger partial charge in [-0.3, -0.25) is 0 Å². The summed E-state index contributed by atoms with van der Waals surface area (Å²) < 4.78 is 2.20. The second-order valence-electron chi connectivity index (χ2n) is 4.62.